The van der Waals surface area contributed by atoms with Crippen molar-refractivity contribution in [3.05, 3.63) is 60.2 Å². The van der Waals surface area contributed by atoms with Crippen LogP contribution in [0.3, 0.4) is 0 Å². The summed E-state index contributed by atoms with van der Waals surface area (Å²) in [6, 6.07) is 15.0. The van der Waals surface area contributed by atoms with Gasteiger partial charge in [0.1, 0.15) is 6.42 Å². The molecule has 0 spiro atoms. The molecule has 0 aliphatic carbocycles. The Morgan fingerprint density at radius 1 is 0.947 bits per heavy atom. The number of rotatable bonds is 4. The Labute approximate surface area is 109 Å². The zero-order chi connectivity index (χ0) is 13.9. The summed E-state index contributed by atoms with van der Waals surface area (Å²) in [5.74, 6) is -4.86. The third kappa shape index (κ3) is 3.16. The number of carbonyl (C=O) groups is 1. The topological polar surface area (TPSA) is 37.3 Å². The minimum absolute atomic E-state index is 0.283. The van der Waals surface area contributed by atoms with Gasteiger partial charge in [0, 0.05) is 5.56 Å². The van der Waals surface area contributed by atoms with Gasteiger partial charge in [-0.05, 0) is 11.1 Å². The lowest BCUT2D eigenvalue weighted by Crippen LogP contribution is -2.18. The molecule has 2 rings (SSSR count). The highest BCUT2D eigenvalue weighted by atomic mass is 19.3. The van der Waals surface area contributed by atoms with E-state index < -0.39 is 18.3 Å². The molecule has 0 aromatic heterocycles. The largest absolute Gasteiger partial charge is 0.481 e. The van der Waals surface area contributed by atoms with Gasteiger partial charge in [-0.1, -0.05) is 54.6 Å². The molecule has 0 unspecified atom stereocenters. The summed E-state index contributed by atoms with van der Waals surface area (Å²) < 4.78 is 27.1. The maximum Gasteiger partial charge on any atom is 0.309 e. The van der Waals surface area contributed by atoms with Crippen molar-refractivity contribution < 1.29 is 18.7 Å². The van der Waals surface area contributed by atoms with Gasteiger partial charge in [0.2, 0.25) is 0 Å². The Morgan fingerprint density at radius 2 is 1.47 bits per heavy atom. The average Bonchev–Trinajstić information content (AvgIpc) is 2.38. The Bertz CT molecular complexity index is 562. The van der Waals surface area contributed by atoms with E-state index in [0.29, 0.717) is 0 Å². The smallest absolute Gasteiger partial charge is 0.309 e. The molecule has 0 aliphatic rings. The molecule has 4 heteroatoms. The van der Waals surface area contributed by atoms with Crippen molar-refractivity contribution in [3.63, 3.8) is 0 Å². The Kier molecular flexibility index (Phi) is 3.60. The Balaban J connectivity index is 2.26. The van der Waals surface area contributed by atoms with E-state index in [1.54, 1.807) is 12.1 Å². The van der Waals surface area contributed by atoms with E-state index in [-0.39, 0.29) is 5.56 Å². The lowest BCUT2D eigenvalue weighted by molar-refractivity contribution is -0.145. The second-order valence-corrected chi connectivity index (χ2v) is 4.22. The molecule has 0 amide bonds. The van der Waals surface area contributed by atoms with Crippen molar-refractivity contribution in [3.8, 4) is 11.1 Å². The molecule has 1 N–H and O–H groups in total. The van der Waals surface area contributed by atoms with Gasteiger partial charge in [-0.25, -0.2) is 8.78 Å². The maximum absolute atomic E-state index is 13.6. The third-order valence-electron chi connectivity index (χ3n) is 2.79. The SMILES string of the molecule is O=C(O)CC(F)(F)c1ccc(-c2ccccc2)cc1. The molecule has 2 nitrogen and oxygen atoms in total. The molecule has 98 valence electrons. The van der Waals surface area contributed by atoms with Crippen molar-refractivity contribution in [2.24, 2.45) is 0 Å². The number of benzene rings is 2. The van der Waals surface area contributed by atoms with E-state index in [1.807, 2.05) is 30.3 Å². The van der Waals surface area contributed by atoms with E-state index in [2.05, 4.69) is 0 Å². The number of alkyl halides is 2. The molecule has 0 bridgehead atoms. The van der Waals surface area contributed by atoms with Crippen molar-refractivity contribution in [2.45, 2.75) is 12.3 Å². The fourth-order valence-electron chi connectivity index (χ4n) is 1.83. The summed E-state index contributed by atoms with van der Waals surface area (Å²) in [6.45, 7) is 0. The number of hydrogen-bond acceptors (Lipinski definition) is 1. The van der Waals surface area contributed by atoms with Crippen LogP contribution in [0.25, 0.3) is 11.1 Å². The molecule has 0 atom stereocenters. The fraction of sp³-hybridized carbons (Fsp3) is 0.133. The van der Waals surface area contributed by atoms with Gasteiger partial charge in [-0.3, -0.25) is 4.79 Å². The zero-order valence-corrected chi connectivity index (χ0v) is 10.0. The van der Waals surface area contributed by atoms with Crippen molar-refractivity contribution in [1.29, 1.82) is 0 Å². The molecule has 0 saturated carbocycles. The van der Waals surface area contributed by atoms with Gasteiger partial charge >= 0.3 is 5.97 Å². The van der Waals surface area contributed by atoms with Gasteiger partial charge in [0.05, 0.1) is 0 Å². The monoisotopic (exact) mass is 262 g/mol. The van der Waals surface area contributed by atoms with Crippen LogP contribution in [0.15, 0.2) is 54.6 Å². The number of carboxylic acid groups (broad SMARTS) is 1. The van der Waals surface area contributed by atoms with Crippen LogP contribution >= 0.6 is 0 Å². The van der Waals surface area contributed by atoms with E-state index >= 15 is 0 Å². The Morgan fingerprint density at radius 3 is 2.00 bits per heavy atom. The molecule has 2 aromatic carbocycles. The normalized spacial score (nSPS) is 11.3. The van der Waals surface area contributed by atoms with Crippen LogP contribution in [0, 0.1) is 0 Å². The molecule has 2 aromatic rings. The molecule has 0 heterocycles. The summed E-state index contributed by atoms with van der Waals surface area (Å²) in [5, 5.41) is 8.46. The standard InChI is InChI=1S/C15H12F2O2/c16-15(17,10-14(18)19)13-8-6-12(7-9-13)11-4-2-1-3-5-11/h1-9H,10H2,(H,18,19). The van der Waals surface area contributed by atoms with Crippen molar-refractivity contribution in [1.82, 2.24) is 0 Å². The summed E-state index contributed by atoms with van der Waals surface area (Å²) >= 11 is 0. The number of carboxylic acids is 1. The fourth-order valence-corrected chi connectivity index (χ4v) is 1.83. The molecule has 0 aliphatic heterocycles. The highest BCUT2D eigenvalue weighted by molar-refractivity contribution is 5.68. The lowest BCUT2D eigenvalue weighted by atomic mass is 10.0. The first kappa shape index (κ1) is 13.2. The first-order valence-corrected chi connectivity index (χ1v) is 5.74. The second kappa shape index (κ2) is 5.18. The van der Waals surface area contributed by atoms with Crippen LogP contribution in [0.2, 0.25) is 0 Å². The van der Waals surface area contributed by atoms with E-state index in [1.165, 1.54) is 12.1 Å². The van der Waals surface area contributed by atoms with Gasteiger partial charge in [-0.15, -0.1) is 0 Å². The minimum Gasteiger partial charge on any atom is -0.481 e. The van der Waals surface area contributed by atoms with Crippen LogP contribution in [0.1, 0.15) is 12.0 Å². The predicted octanol–water partition coefficient (Wildman–Crippen LogP) is 3.92. The van der Waals surface area contributed by atoms with Crippen molar-refractivity contribution >= 4 is 5.97 Å². The first-order chi connectivity index (χ1) is 8.99. The van der Waals surface area contributed by atoms with E-state index in [4.69, 9.17) is 5.11 Å². The number of aliphatic carboxylic acids is 1. The number of halogens is 2. The molecule has 19 heavy (non-hydrogen) atoms. The third-order valence-corrected chi connectivity index (χ3v) is 2.79. The molecular formula is C15H12F2O2. The van der Waals surface area contributed by atoms with Crippen LogP contribution in [0.5, 0.6) is 0 Å². The number of hydrogen-bond donors (Lipinski definition) is 1. The van der Waals surface area contributed by atoms with Crippen LogP contribution in [-0.4, -0.2) is 11.1 Å². The predicted molar refractivity (Wildman–Crippen MR) is 68.0 cm³/mol. The lowest BCUT2D eigenvalue weighted by Gasteiger charge is -2.14. The second-order valence-electron chi connectivity index (χ2n) is 4.22. The Hall–Kier alpha value is -2.23. The highest BCUT2D eigenvalue weighted by Gasteiger charge is 2.34. The first-order valence-electron chi connectivity index (χ1n) is 5.74. The summed E-state index contributed by atoms with van der Waals surface area (Å²) in [5.41, 5.74) is 1.46. The molecule has 0 saturated heterocycles. The van der Waals surface area contributed by atoms with Crippen LogP contribution in [-0.2, 0) is 10.7 Å². The van der Waals surface area contributed by atoms with Crippen LogP contribution in [0.4, 0.5) is 8.78 Å². The molecule has 0 radical (unpaired) electrons. The highest BCUT2D eigenvalue weighted by Crippen LogP contribution is 2.32. The molecular weight excluding hydrogens is 250 g/mol. The summed E-state index contributed by atoms with van der Waals surface area (Å²) in [6.07, 6.45) is -1.20. The summed E-state index contributed by atoms with van der Waals surface area (Å²) in [4.78, 5) is 10.4. The molecule has 0 fully saturated rings. The average molecular weight is 262 g/mol. The quantitative estimate of drug-likeness (QED) is 0.906. The summed E-state index contributed by atoms with van der Waals surface area (Å²) in [7, 11) is 0. The zero-order valence-electron chi connectivity index (χ0n) is 10.0. The van der Waals surface area contributed by atoms with Crippen molar-refractivity contribution in [2.75, 3.05) is 0 Å². The van der Waals surface area contributed by atoms with Gasteiger partial charge < -0.3 is 5.11 Å². The van der Waals surface area contributed by atoms with Crippen LogP contribution < -0.4 is 0 Å². The van der Waals surface area contributed by atoms with E-state index in [0.717, 1.165) is 11.1 Å². The van der Waals surface area contributed by atoms with Gasteiger partial charge in [0.15, 0.2) is 0 Å². The maximum atomic E-state index is 13.6. The van der Waals surface area contributed by atoms with Gasteiger partial charge in [0.25, 0.3) is 5.92 Å². The van der Waals surface area contributed by atoms with E-state index in [9.17, 15) is 13.6 Å². The van der Waals surface area contributed by atoms with Gasteiger partial charge in [-0.2, -0.15) is 0 Å². The minimum atomic E-state index is -3.35.